The third-order valence-electron chi connectivity index (χ3n) is 3.02. The van der Waals surface area contributed by atoms with Gasteiger partial charge in [-0.3, -0.25) is 0 Å². The van der Waals surface area contributed by atoms with Gasteiger partial charge in [-0.05, 0) is 30.7 Å². The van der Waals surface area contributed by atoms with Crippen LogP contribution in [0, 0.1) is 18.2 Å². The van der Waals surface area contributed by atoms with E-state index in [1.165, 1.54) is 17.0 Å². The summed E-state index contributed by atoms with van der Waals surface area (Å²) in [4.78, 5) is 13.3. The van der Waals surface area contributed by atoms with Gasteiger partial charge in [0.05, 0.1) is 13.2 Å². The second-order valence-corrected chi connectivity index (χ2v) is 5.43. The number of nitrogens with one attached hydrogen (secondary N) is 1. The first-order valence-electron chi connectivity index (χ1n) is 6.31. The zero-order chi connectivity index (χ0) is 15.3. The van der Waals surface area contributed by atoms with E-state index in [0.717, 1.165) is 0 Å². The molecule has 2 amide bonds. The average Bonchev–Trinajstić information content (AvgIpc) is 2.37. The highest BCUT2D eigenvalue weighted by Crippen LogP contribution is 2.17. The summed E-state index contributed by atoms with van der Waals surface area (Å²) in [6.07, 6.45) is 0. The molecule has 3 N–H and O–H groups in total. The molecule has 5 nitrogen and oxygen atoms in total. The molecule has 112 valence electrons. The summed E-state index contributed by atoms with van der Waals surface area (Å²) in [6.45, 7) is 3.11. The van der Waals surface area contributed by atoms with Gasteiger partial charge in [0.15, 0.2) is 0 Å². The predicted molar refractivity (Wildman–Crippen MR) is 75.1 cm³/mol. The van der Waals surface area contributed by atoms with Crippen LogP contribution in [0.4, 0.5) is 14.9 Å². The number of benzene rings is 1. The van der Waals surface area contributed by atoms with Crippen molar-refractivity contribution in [2.24, 2.45) is 5.41 Å². The van der Waals surface area contributed by atoms with Gasteiger partial charge in [0.1, 0.15) is 5.82 Å². The molecule has 6 heteroatoms. The van der Waals surface area contributed by atoms with Crippen molar-refractivity contribution >= 4 is 11.7 Å². The maximum absolute atomic E-state index is 13.2. The van der Waals surface area contributed by atoms with Crippen molar-refractivity contribution in [3.63, 3.8) is 0 Å². The topological polar surface area (TPSA) is 72.8 Å². The fourth-order valence-electron chi connectivity index (χ4n) is 1.82. The number of urea groups is 1. The second-order valence-electron chi connectivity index (χ2n) is 5.43. The van der Waals surface area contributed by atoms with Crippen molar-refractivity contribution in [1.82, 2.24) is 4.90 Å². The third-order valence-corrected chi connectivity index (χ3v) is 3.02. The van der Waals surface area contributed by atoms with Crippen LogP contribution in [0.5, 0.6) is 0 Å². The minimum absolute atomic E-state index is 0.181. The molecule has 0 heterocycles. The Hall–Kier alpha value is -1.66. The molecule has 0 bridgehead atoms. The average molecular weight is 284 g/mol. The van der Waals surface area contributed by atoms with Crippen molar-refractivity contribution in [2.45, 2.75) is 13.8 Å². The molecule has 0 unspecified atom stereocenters. The van der Waals surface area contributed by atoms with Gasteiger partial charge < -0.3 is 20.4 Å². The Kier molecular flexibility index (Phi) is 5.47. The lowest BCUT2D eigenvalue weighted by atomic mass is 9.92. The van der Waals surface area contributed by atoms with Gasteiger partial charge in [-0.25, -0.2) is 9.18 Å². The summed E-state index contributed by atoms with van der Waals surface area (Å²) in [5.41, 5.74) is 0.303. The highest BCUT2D eigenvalue weighted by atomic mass is 19.1. The van der Waals surface area contributed by atoms with Crippen LogP contribution in [0.25, 0.3) is 0 Å². The first kappa shape index (κ1) is 16.4. The number of nitrogens with zero attached hydrogens (tertiary/aromatic N) is 1. The number of hydrogen-bond donors (Lipinski definition) is 3. The number of aliphatic hydroxyl groups is 2. The number of halogens is 1. The minimum atomic E-state index is -0.774. The molecule has 0 atom stereocenters. The Morgan fingerprint density at radius 3 is 2.45 bits per heavy atom. The van der Waals surface area contributed by atoms with Gasteiger partial charge in [-0.15, -0.1) is 0 Å². The number of rotatable bonds is 5. The largest absolute Gasteiger partial charge is 0.396 e. The molecular weight excluding hydrogens is 263 g/mol. The van der Waals surface area contributed by atoms with Gasteiger partial charge >= 0.3 is 6.03 Å². The quantitative estimate of drug-likeness (QED) is 0.769. The smallest absolute Gasteiger partial charge is 0.321 e. The van der Waals surface area contributed by atoms with E-state index in [-0.39, 0.29) is 19.8 Å². The second kappa shape index (κ2) is 6.67. The van der Waals surface area contributed by atoms with E-state index in [4.69, 9.17) is 0 Å². The minimum Gasteiger partial charge on any atom is -0.396 e. The fourth-order valence-corrected chi connectivity index (χ4v) is 1.82. The number of carbonyl (C=O) groups is 1. The molecule has 0 saturated heterocycles. The highest BCUT2D eigenvalue weighted by molar-refractivity contribution is 5.89. The van der Waals surface area contributed by atoms with Crippen molar-refractivity contribution in [1.29, 1.82) is 0 Å². The summed E-state index contributed by atoms with van der Waals surface area (Å²) in [7, 11) is 1.55. The lowest BCUT2D eigenvalue weighted by Gasteiger charge is -2.30. The summed E-state index contributed by atoms with van der Waals surface area (Å²) in [5, 5.41) is 21.0. The third kappa shape index (κ3) is 4.47. The normalized spacial score (nSPS) is 11.3. The zero-order valence-corrected chi connectivity index (χ0v) is 12.0. The van der Waals surface area contributed by atoms with Gasteiger partial charge in [-0.2, -0.15) is 0 Å². The van der Waals surface area contributed by atoms with Crippen LogP contribution >= 0.6 is 0 Å². The Morgan fingerprint density at radius 2 is 1.95 bits per heavy atom. The molecule has 0 aromatic heterocycles. The van der Waals surface area contributed by atoms with E-state index < -0.39 is 17.3 Å². The van der Waals surface area contributed by atoms with Crippen LogP contribution < -0.4 is 5.32 Å². The molecule has 1 rings (SSSR count). The maximum Gasteiger partial charge on any atom is 0.321 e. The SMILES string of the molecule is Cc1cc(F)cc(NC(=O)N(C)CC(C)(CO)CO)c1. The standard InChI is InChI=1S/C14H21FN2O3/c1-10-4-11(15)6-12(5-10)16-13(20)17(3)7-14(2,8-18)9-19/h4-6,18-19H,7-9H2,1-3H3,(H,16,20). The van der Waals surface area contributed by atoms with Crippen LogP contribution in [0.2, 0.25) is 0 Å². The van der Waals surface area contributed by atoms with Crippen LogP contribution in [-0.2, 0) is 0 Å². The van der Waals surface area contributed by atoms with Gasteiger partial charge in [0.25, 0.3) is 0 Å². The van der Waals surface area contributed by atoms with E-state index in [2.05, 4.69) is 5.32 Å². The van der Waals surface area contributed by atoms with Crippen LogP contribution in [0.3, 0.4) is 0 Å². The molecule has 1 aromatic rings. The van der Waals surface area contributed by atoms with E-state index >= 15 is 0 Å². The first-order chi connectivity index (χ1) is 9.29. The molecule has 0 aliphatic rings. The molecule has 0 aliphatic carbocycles. The van der Waals surface area contributed by atoms with E-state index in [0.29, 0.717) is 11.3 Å². The lowest BCUT2D eigenvalue weighted by molar-refractivity contribution is 0.0509. The summed E-state index contributed by atoms with van der Waals surface area (Å²) in [6, 6.07) is 3.83. The number of hydrogen-bond acceptors (Lipinski definition) is 3. The maximum atomic E-state index is 13.2. The molecular formula is C14H21FN2O3. The molecule has 0 fully saturated rings. The highest BCUT2D eigenvalue weighted by Gasteiger charge is 2.26. The molecule has 20 heavy (non-hydrogen) atoms. The molecule has 0 spiro atoms. The molecule has 0 saturated carbocycles. The van der Waals surface area contributed by atoms with Crippen LogP contribution in [-0.4, -0.2) is 48.0 Å². The monoisotopic (exact) mass is 284 g/mol. The van der Waals surface area contributed by atoms with E-state index in [9.17, 15) is 19.4 Å². The number of aryl methyl sites for hydroxylation is 1. The van der Waals surface area contributed by atoms with Gasteiger partial charge in [0.2, 0.25) is 0 Å². The molecule has 0 aliphatic heterocycles. The van der Waals surface area contributed by atoms with Crippen molar-refractivity contribution in [3.05, 3.63) is 29.6 Å². The van der Waals surface area contributed by atoms with Crippen molar-refractivity contribution in [2.75, 3.05) is 32.1 Å². The van der Waals surface area contributed by atoms with Gasteiger partial charge in [0, 0.05) is 24.7 Å². The van der Waals surface area contributed by atoms with Gasteiger partial charge in [-0.1, -0.05) is 6.92 Å². The number of carbonyl (C=O) groups excluding carboxylic acids is 1. The van der Waals surface area contributed by atoms with Crippen LogP contribution in [0.15, 0.2) is 18.2 Å². The fraction of sp³-hybridized carbons (Fsp3) is 0.500. The lowest BCUT2D eigenvalue weighted by Crippen LogP contribution is -2.43. The molecule has 1 aromatic carbocycles. The molecule has 0 radical (unpaired) electrons. The Balaban J connectivity index is 2.70. The summed E-state index contributed by atoms with van der Waals surface area (Å²) < 4.78 is 13.2. The Morgan fingerprint density at radius 1 is 1.35 bits per heavy atom. The predicted octanol–water partition coefficient (Wildman–Crippen LogP) is 1.59. The van der Waals surface area contributed by atoms with E-state index in [1.54, 1.807) is 27.0 Å². The van der Waals surface area contributed by atoms with Crippen LogP contribution in [0.1, 0.15) is 12.5 Å². The van der Waals surface area contributed by atoms with Crippen molar-refractivity contribution < 1.29 is 19.4 Å². The first-order valence-corrected chi connectivity index (χ1v) is 6.31. The number of anilines is 1. The van der Waals surface area contributed by atoms with Crippen molar-refractivity contribution in [3.8, 4) is 0 Å². The van der Waals surface area contributed by atoms with E-state index in [1.807, 2.05) is 0 Å². The Labute approximate surface area is 118 Å². The number of aliphatic hydroxyl groups excluding tert-OH is 2. The summed E-state index contributed by atoms with van der Waals surface area (Å²) in [5.74, 6) is -0.418. The summed E-state index contributed by atoms with van der Waals surface area (Å²) >= 11 is 0. The number of amides is 2. The Bertz CT molecular complexity index is 455. The zero-order valence-electron chi connectivity index (χ0n) is 12.0.